The molecule has 0 saturated heterocycles. The number of aromatic amines is 1. The Hall–Kier alpha value is -3.60. The third-order valence-corrected chi connectivity index (χ3v) is 6.88. The van der Waals surface area contributed by atoms with Crippen molar-refractivity contribution in [1.82, 2.24) is 9.97 Å². The summed E-state index contributed by atoms with van der Waals surface area (Å²) in [6.45, 7) is 0. The molecule has 5 rings (SSSR count). The number of aliphatic carboxylic acids is 1. The van der Waals surface area contributed by atoms with E-state index in [1.165, 1.54) is 16.7 Å². The predicted molar refractivity (Wildman–Crippen MR) is 130 cm³/mol. The molecule has 0 radical (unpaired) electrons. The van der Waals surface area contributed by atoms with Gasteiger partial charge in [0.2, 0.25) is 0 Å². The lowest BCUT2D eigenvalue weighted by molar-refractivity contribution is -0.138. The maximum absolute atomic E-state index is 10.9. The van der Waals surface area contributed by atoms with Crippen molar-refractivity contribution in [3.63, 3.8) is 0 Å². The van der Waals surface area contributed by atoms with Gasteiger partial charge < -0.3 is 14.8 Å². The monoisotopic (exact) mass is 440 g/mol. The van der Waals surface area contributed by atoms with Gasteiger partial charge in [-0.2, -0.15) is 0 Å². The fourth-order valence-electron chi connectivity index (χ4n) is 5.02. The van der Waals surface area contributed by atoms with Gasteiger partial charge in [0.05, 0.1) is 12.6 Å². The first-order chi connectivity index (χ1) is 16.1. The summed E-state index contributed by atoms with van der Waals surface area (Å²) < 4.78 is 5.42. The van der Waals surface area contributed by atoms with E-state index in [4.69, 9.17) is 14.8 Å². The minimum atomic E-state index is -0.672. The van der Waals surface area contributed by atoms with Gasteiger partial charge in [0.25, 0.3) is 0 Å². The van der Waals surface area contributed by atoms with Gasteiger partial charge in [0.15, 0.2) is 0 Å². The molecule has 5 nitrogen and oxygen atoms in total. The maximum Gasteiger partial charge on any atom is 0.303 e. The van der Waals surface area contributed by atoms with E-state index in [-0.39, 0.29) is 0 Å². The molecule has 33 heavy (non-hydrogen) atoms. The van der Waals surface area contributed by atoms with Crippen molar-refractivity contribution in [2.75, 3.05) is 7.11 Å². The highest BCUT2D eigenvalue weighted by Crippen LogP contribution is 2.37. The number of para-hydroxylation sites is 1. The molecular weight excluding hydrogens is 412 g/mol. The fourth-order valence-corrected chi connectivity index (χ4v) is 5.02. The minimum absolute atomic E-state index is 0.309. The molecule has 168 valence electrons. The van der Waals surface area contributed by atoms with Gasteiger partial charge in [0.1, 0.15) is 17.1 Å². The Morgan fingerprint density at radius 2 is 1.58 bits per heavy atom. The number of carboxylic acids is 1. The van der Waals surface area contributed by atoms with Crippen molar-refractivity contribution in [3.05, 3.63) is 72.3 Å². The number of nitrogens with one attached hydrogen (secondary N) is 1. The molecule has 5 heteroatoms. The van der Waals surface area contributed by atoms with E-state index in [2.05, 4.69) is 53.5 Å². The molecular formula is C28H28N2O3. The smallest absolute Gasteiger partial charge is 0.303 e. The van der Waals surface area contributed by atoms with E-state index < -0.39 is 5.97 Å². The first-order valence-corrected chi connectivity index (χ1v) is 11.6. The zero-order valence-corrected chi connectivity index (χ0v) is 18.8. The zero-order chi connectivity index (χ0) is 22.8. The van der Waals surface area contributed by atoms with Crippen molar-refractivity contribution < 1.29 is 14.6 Å². The van der Waals surface area contributed by atoms with E-state index in [1.807, 2.05) is 18.2 Å². The Labute approximate surface area is 193 Å². The summed E-state index contributed by atoms with van der Waals surface area (Å²) in [5.74, 6) is 1.80. The molecule has 0 unspecified atom stereocenters. The number of nitrogens with zero attached hydrogens (tertiary/aromatic N) is 1. The SMILES string of the molecule is COc1cccc2[nH]c(-c3ccc(-c4ccc(C5CCC(CC(=O)O)CC5)cc4)cc3)nc12. The second-order valence-corrected chi connectivity index (χ2v) is 8.96. The molecule has 0 atom stereocenters. The van der Waals surface area contributed by atoms with E-state index in [0.717, 1.165) is 53.9 Å². The third-order valence-electron chi connectivity index (χ3n) is 6.88. The van der Waals surface area contributed by atoms with E-state index in [0.29, 0.717) is 18.3 Å². The summed E-state index contributed by atoms with van der Waals surface area (Å²) in [6.07, 6.45) is 4.48. The molecule has 0 amide bonds. The Bertz CT molecular complexity index is 1250. The zero-order valence-electron chi connectivity index (χ0n) is 18.8. The van der Waals surface area contributed by atoms with Crippen molar-refractivity contribution >= 4 is 17.0 Å². The number of carboxylic acid groups (broad SMARTS) is 1. The van der Waals surface area contributed by atoms with Crippen molar-refractivity contribution in [2.45, 2.75) is 38.0 Å². The topological polar surface area (TPSA) is 75.2 Å². The number of methoxy groups -OCH3 is 1. The van der Waals surface area contributed by atoms with Crippen LogP contribution in [0.15, 0.2) is 66.7 Å². The molecule has 0 aliphatic heterocycles. The number of fused-ring (bicyclic) bond motifs is 1. The Morgan fingerprint density at radius 1 is 0.939 bits per heavy atom. The van der Waals surface area contributed by atoms with Crippen LogP contribution in [0.2, 0.25) is 0 Å². The standard InChI is InChI=1S/C28H28N2O3/c1-33-25-4-2-3-24-27(25)30-28(29-24)23-15-13-22(14-16-23)21-11-9-20(10-12-21)19-7-5-18(6-8-19)17-26(31)32/h2-4,9-16,18-19H,5-8,17H2,1H3,(H,29,30)(H,31,32). The highest BCUT2D eigenvalue weighted by atomic mass is 16.5. The second-order valence-electron chi connectivity index (χ2n) is 8.96. The molecule has 1 aromatic heterocycles. The lowest BCUT2D eigenvalue weighted by Crippen LogP contribution is -2.16. The van der Waals surface area contributed by atoms with Crippen LogP contribution in [0.1, 0.15) is 43.6 Å². The number of aromatic nitrogens is 2. The van der Waals surface area contributed by atoms with Crippen molar-refractivity contribution in [1.29, 1.82) is 0 Å². The molecule has 4 aromatic rings. The van der Waals surface area contributed by atoms with Gasteiger partial charge in [-0.1, -0.05) is 54.6 Å². The Kier molecular flexibility index (Phi) is 5.86. The van der Waals surface area contributed by atoms with Gasteiger partial charge in [-0.25, -0.2) is 4.98 Å². The van der Waals surface area contributed by atoms with Crippen LogP contribution in [-0.2, 0) is 4.79 Å². The van der Waals surface area contributed by atoms with Gasteiger partial charge in [-0.3, -0.25) is 4.79 Å². The summed E-state index contributed by atoms with van der Waals surface area (Å²) in [5, 5.41) is 9.01. The number of imidazole rings is 1. The Balaban J connectivity index is 1.28. The number of ether oxygens (including phenoxy) is 1. The van der Waals surface area contributed by atoms with Gasteiger partial charge in [0, 0.05) is 12.0 Å². The highest BCUT2D eigenvalue weighted by molar-refractivity contribution is 5.85. The lowest BCUT2D eigenvalue weighted by atomic mass is 9.77. The number of benzene rings is 3. The average Bonchev–Trinajstić information content (AvgIpc) is 3.29. The number of carbonyl (C=O) groups is 1. The molecule has 1 aliphatic carbocycles. The Morgan fingerprint density at radius 3 is 2.21 bits per heavy atom. The van der Waals surface area contributed by atoms with Crippen LogP contribution in [0.25, 0.3) is 33.5 Å². The first kappa shape index (κ1) is 21.3. The number of hydrogen-bond donors (Lipinski definition) is 2. The number of rotatable bonds is 6. The van der Waals surface area contributed by atoms with Gasteiger partial charge in [-0.15, -0.1) is 0 Å². The van der Waals surface area contributed by atoms with E-state index >= 15 is 0 Å². The molecule has 1 aliphatic rings. The average molecular weight is 441 g/mol. The summed E-state index contributed by atoms with van der Waals surface area (Å²) in [4.78, 5) is 19.1. The minimum Gasteiger partial charge on any atom is -0.494 e. The van der Waals surface area contributed by atoms with Crippen LogP contribution in [0.3, 0.4) is 0 Å². The van der Waals surface area contributed by atoms with Crippen LogP contribution in [-0.4, -0.2) is 28.2 Å². The highest BCUT2D eigenvalue weighted by Gasteiger charge is 2.24. The molecule has 0 spiro atoms. The molecule has 1 saturated carbocycles. The second kappa shape index (κ2) is 9.10. The third kappa shape index (κ3) is 4.49. The molecule has 1 heterocycles. The molecule has 0 bridgehead atoms. The number of H-pyrrole nitrogens is 1. The normalized spacial score (nSPS) is 18.3. The summed E-state index contributed by atoms with van der Waals surface area (Å²) in [7, 11) is 1.66. The van der Waals surface area contributed by atoms with Gasteiger partial charge in [-0.05, 0) is 66.3 Å². The van der Waals surface area contributed by atoms with Crippen molar-refractivity contribution in [2.24, 2.45) is 5.92 Å². The van der Waals surface area contributed by atoms with E-state index in [9.17, 15) is 4.79 Å². The summed E-state index contributed by atoms with van der Waals surface area (Å²) in [5.41, 5.74) is 6.56. The van der Waals surface area contributed by atoms with Crippen LogP contribution in [0.5, 0.6) is 5.75 Å². The molecule has 2 N–H and O–H groups in total. The maximum atomic E-state index is 10.9. The largest absolute Gasteiger partial charge is 0.494 e. The predicted octanol–water partition coefficient (Wildman–Crippen LogP) is 6.65. The lowest BCUT2D eigenvalue weighted by Gasteiger charge is -2.28. The number of hydrogen-bond acceptors (Lipinski definition) is 3. The summed E-state index contributed by atoms with van der Waals surface area (Å²) in [6, 6.07) is 23.2. The fraction of sp³-hybridized carbons (Fsp3) is 0.286. The van der Waals surface area contributed by atoms with Gasteiger partial charge >= 0.3 is 5.97 Å². The first-order valence-electron chi connectivity index (χ1n) is 11.6. The van der Waals surface area contributed by atoms with Crippen molar-refractivity contribution in [3.8, 4) is 28.3 Å². The van der Waals surface area contributed by atoms with Crippen LogP contribution >= 0.6 is 0 Å². The van der Waals surface area contributed by atoms with Crippen LogP contribution in [0, 0.1) is 5.92 Å². The van der Waals surface area contributed by atoms with E-state index in [1.54, 1.807) is 7.11 Å². The quantitative estimate of drug-likeness (QED) is 0.352. The molecule has 3 aromatic carbocycles. The van der Waals surface area contributed by atoms with Crippen LogP contribution in [0.4, 0.5) is 0 Å². The van der Waals surface area contributed by atoms with Crippen LogP contribution < -0.4 is 4.74 Å². The molecule has 1 fully saturated rings. The summed E-state index contributed by atoms with van der Waals surface area (Å²) >= 11 is 0.